The molecule has 0 atom stereocenters. The average molecular weight is 528 g/mol. The molecule has 3 rings (SSSR count). The molecule has 3 aromatic rings. The molecule has 0 fully saturated rings. The molecule has 1 heterocycles. The third kappa shape index (κ3) is 6.17. The third-order valence-corrected chi connectivity index (χ3v) is 6.30. The van der Waals surface area contributed by atoms with Crippen LogP contribution in [0.4, 0.5) is 10.7 Å². The summed E-state index contributed by atoms with van der Waals surface area (Å²) in [4.78, 5) is 37.9. The highest BCUT2D eigenvalue weighted by molar-refractivity contribution is 7.19. The summed E-state index contributed by atoms with van der Waals surface area (Å²) in [6.07, 6.45) is 0. The zero-order valence-electron chi connectivity index (χ0n) is 17.3. The van der Waals surface area contributed by atoms with Gasteiger partial charge in [-0.2, -0.15) is 0 Å². The lowest BCUT2D eigenvalue weighted by Crippen LogP contribution is -2.21. The first-order valence-corrected chi connectivity index (χ1v) is 11.3. The number of hydrogen-bond donors (Lipinski definition) is 2. The molecule has 0 aliphatic carbocycles. The van der Waals surface area contributed by atoms with E-state index in [0.29, 0.717) is 21.3 Å². The van der Waals surface area contributed by atoms with Crippen molar-refractivity contribution in [2.75, 3.05) is 24.4 Å². The fraction of sp³-hybridized carbons (Fsp3) is 0.136. The average Bonchev–Trinajstić information content (AvgIpc) is 3.08. The Morgan fingerprint density at radius 3 is 2.39 bits per heavy atom. The number of thiophene rings is 1. The second-order valence-corrected chi connectivity index (χ2v) is 8.93. The summed E-state index contributed by atoms with van der Waals surface area (Å²) in [6, 6.07) is 11.2. The van der Waals surface area contributed by atoms with Gasteiger partial charge >= 0.3 is 5.97 Å². The van der Waals surface area contributed by atoms with E-state index in [4.69, 9.17) is 44.3 Å². The molecule has 0 saturated carbocycles. The Labute approximate surface area is 208 Å². The largest absolute Gasteiger partial charge is 0.482 e. The van der Waals surface area contributed by atoms with Crippen LogP contribution in [0.5, 0.6) is 5.75 Å². The highest BCUT2D eigenvalue weighted by Crippen LogP contribution is 2.34. The van der Waals surface area contributed by atoms with Gasteiger partial charge in [-0.15, -0.1) is 11.3 Å². The van der Waals surface area contributed by atoms with Gasteiger partial charge in [-0.05, 0) is 48.9 Å². The van der Waals surface area contributed by atoms with Gasteiger partial charge < -0.3 is 20.1 Å². The minimum Gasteiger partial charge on any atom is -0.482 e. The lowest BCUT2D eigenvalue weighted by Gasteiger charge is -2.09. The van der Waals surface area contributed by atoms with Gasteiger partial charge in [-0.1, -0.05) is 40.9 Å². The van der Waals surface area contributed by atoms with Crippen molar-refractivity contribution in [3.8, 4) is 5.75 Å². The Bertz CT molecular complexity index is 1230. The number of amides is 2. The van der Waals surface area contributed by atoms with Crippen molar-refractivity contribution in [1.82, 2.24) is 0 Å². The molecular weight excluding hydrogens is 511 g/mol. The van der Waals surface area contributed by atoms with Crippen molar-refractivity contribution in [1.29, 1.82) is 0 Å². The number of anilines is 2. The molecule has 0 saturated heterocycles. The maximum Gasteiger partial charge on any atom is 0.341 e. The predicted octanol–water partition coefficient (Wildman–Crippen LogP) is 6.07. The molecule has 2 N–H and O–H groups in total. The number of benzene rings is 2. The first-order valence-electron chi connectivity index (χ1n) is 9.36. The summed E-state index contributed by atoms with van der Waals surface area (Å²) in [6.45, 7) is 1.21. The van der Waals surface area contributed by atoms with Crippen molar-refractivity contribution in [3.63, 3.8) is 0 Å². The molecule has 0 aliphatic rings. The van der Waals surface area contributed by atoms with Gasteiger partial charge in [-0.25, -0.2) is 4.79 Å². The molecule has 11 heteroatoms. The molecule has 2 amide bonds. The molecule has 0 radical (unpaired) electrons. The summed E-state index contributed by atoms with van der Waals surface area (Å²) < 4.78 is 10.2. The van der Waals surface area contributed by atoms with E-state index in [2.05, 4.69) is 10.6 Å². The number of hydrogen-bond acceptors (Lipinski definition) is 6. The molecule has 7 nitrogen and oxygen atoms in total. The van der Waals surface area contributed by atoms with Crippen LogP contribution in [0.3, 0.4) is 0 Å². The van der Waals surface area contributed by atoms with Crippen molar-refractivity contribution in [2.45, 2.75) is 6.92 Å². The highest BCUT2D eigenvalue weighted by Gasteiger charge is 2.26. The fourth-order valence-corrected chi connectivity index (χ4v) is 4.58. The van der Waals surface area contributed by atoms with E-state index < -0.39 is 17.8 Å². The van der Waals surface area contributed by atoms with E-state index in [-0.39, 0.29) is 32.8 Å². The van der Waals surface area contributed by atoms with E-state index in [0.717, 1.165) is 11.3 Å². The van der Waals surface area contributed by atoms with Crippen LogP contribution in [0.15, 0.2) is 42.5 Å². The zero-order valence-corrected chi connectivity index (χ0v) is 20.4. The summed E-state index contributed by atoms with van der Waals surface area (Å²) in [5.74, 6) is -1.44. The maximum atomic E-state index is 12.8. The van der Waals surface area contributed by atoms with Crippen molar-refractivity contribution in [2.24, 2.45) is 0 Å². The monoisotopic (exact) mass is 526 g/mol. The van der Waals surface area contributed by atoms with E-state index in [1.54, 1.807) is 37.3 Å². The summed E-state index contributed by atoms with van der Waals surface area (Å²) in [7, 11) is 1.21. The number of methoxy groups -OCH3 is 1. The summed E-state index contributed by atoms with van der Waals surface area (Å²) in [5.41, 5.74) is 0.929. The quantitative estimate of drug-likeness (QED) is 0.364. The minimum absolute atomic E-state index is 0.0802. The second kappa shape index (κ2) is 10.9. The Hall–Kier alpha value is -2.78. The summed E-state index contributed by atoms with van der Waals surface area (Å²) in [5, 5.41) is 6.61. The van der Waals surface area contributed by atoms with Crippen molar-refractivity contribution in [3.05, 3.63) is 73.5 Å². The smallest absolute Gasteiger partial charge is 0.341 e. The third-order valence-electron chi connectivity index (χ3n) is 4.33. The molecule has 2 aromatic carbocycles. The van der Waals surface area contributed by atoms with Gasteiger partial charge in [0, 0.05) is 15.7 Å². The second-order valence-electron chi connectivity index (χ2n) is 6.63. The van der Waals surface area contributed by atoms with Crippen LogP contribution in [-0.2, 0) is 9.53 Å². The zero-order chi connectivity index (χ0) is 24.1. The topological polar surface area (TPSA) is 93.7 Å². The number of nitrogens with one attached hydrogen (secondary N) is 2. The van der Waals surface area contributed by atoms with Crippen LogP contribution < -0.4 is 15.4 Å². The maximum absolute atomic E-state index is 12.8. The fourth-order valence-electron chi connectivity index (χ4n) is 2.82. The predicted molar refractivity (Wildman–Crippen MR) is 130 cm³/mol. The van der Waals surface area contributed by atoms with Gasteiger partial charge in [0.05, 0.1) is 22.6 Å². The Morgan fingerprint density at radius 1 is 1.00 bits per heavy atom. The van der Waals surface area contributed by atoms with Crippen LogP contribution >= 0.6 is 46.1 Å². The first kappa shape index (κ1) is 24.9. The van der Waals surface area contributed by atoms with E-state index in [9.17, 15) is 14.4 Å². The van der Waals surface area contributed by atoms with Crippen LogP contribution in [0, 0.1) is 6.92 Å². The van der Waals surface area contributed by atoms with Crippen LogP contribution in [-0.4, -0.2) is 31.5 Å². The molecular formula is C22H17Cl3N2O5S. The van der Waals surface area contributed by atoms with Gasteiger partial charge in [0.25, 0.3) is 11.8 Å². The molecule has 0 bridgehead atoms. The number of halogens is 3. The number of carbonyl (C=O) groups excluding carboxylic acids is 3. The van der Waals surface area contributed by atoms with Gasteiger partial charge in [0.15, 0.2) is 6.61 Å². The minimum atomic E-state index is -0.692. The Morgan fingerprint density at radius 2 is 1.73 bits per heavy atom. The van der Waals surface area contributed by atoms with Crippen LogP contribution in [0.25, 0.3) is 0 Å². The van der Waals surface area contributed by atoms with Gasteiger partial charge in [-0.3, -0.25) is 9.59 Å². The SMILES string of the molecule is COC(=O)c1c(NC(=O)COc2ccc(Cl)cc2Cl)sc(C(=O)Nc2cccc(Cl)c2)c1C. The molecule has 0 unspecified atom stereocenters. The Balaban J connectivity index is 1.79. The Kier molecular flexibility index (Phi) is 8.20. The molecule has 0 aliphatic heterocycles. The van der Waals surface area contributed by atoms with Crippen molar-refractivity contribution >= 4 is 74.6 Å². The van der Waals surface area contributed by atoms with E-state index in [1.165, 1.54) is 19.2 Å². The molecule has 0 spiro atoms. The lowest BCUT2D eigenvalue weighted by atomic mass is 10.1. The van der Waals surface area contributed by atoms with Gasteiger partial charge in [0.2, 0.25) is 0 Å². The highest BCUT2D eigenvalue weighted by atomic mass is 35.5. The number of ether oxygens (including phenoxy) is 2. The first-order chi connectivity index (χ1) is 15.7. The van der Waals surface area contributed by atoms with Crippen LogP contribution in [0.2, 0.25) is 15.1 Å². The van der Waals surface area contributed by atoms with E-state index >= 15 is 0 Å². The van der Waals surface area contributed by atoms with Crippen molar-refractivity contribution < 1.29 is 23.9 Å². The molecule has 1 aromatic heterocycles. The standard InChI is InChI=1S/C22H17Cl3N2O5S/c1-11-18(22(30)31-2)21(27-17(28)10-32-16-7-6-13(24)9-15(16)25)33-19(11)20(29)26-14-5-3-4-12(23)8-14/h3-9H,10H2,1-2H3,(H,26,29)(H,27,28). The summed E-state index contributed by atoms with van der Waals surface area (Å²) >= 11 is 18.8. The molecule has 172 valence electrons. The number of carbonyl (C=O) groups is 3. The number of esters is 1. The number of rotatable bonds is 7. The van der Waals surface area contributed by atoms with E-state index in [1.807, 2.05) is 0 Å². The lowest BCUT2D eigenvalue weighted by molar-refractivity contribution is -0.118. The van der Waals surface area contributed by atoms with Crippen LogP contribution in [0.1, 0.15) is 25.6 Å². The normalized spacial score (nSPS) is 10.5. The van der Waals surface area contributed by atoms with Gasteiger partial charge in [0.1, 0.15) is 10.8 Å². The molecule has 33 heavy (non-hydrogen) atoms.